The highest BCUT2D eigenvalue weighted by molar-refractivity contribution is 6.23. The van der Waals surface area contributed by atoms with Gasteiger partial charge in [0.15, 0.2) is 0 Å². The molecule has 0 amide bonds. The topological polar surface area (TPSA) is 0 Å². The first-order valence-corrected chi connectivity index (χ1v) is 16.5. The second-order valence-corrected chi connectivity index (χ2v) is 12.6. The van der Waals surface area contributed by atoms with Crippen molar-refractivity contribution in [3.05, 3.63) is 189 Å². The van der Waals surface area contributed by atoms with E-state index in [1.165, 1.54) is 92.5 Å². The van der Waals surface area contributed by atoms with E-state index in [1.54, 1.807) is 0 Å². The lowest BCUT2D eigenvalue weighted by molar-refractivity contribution is 1.67. The Kier molecular flexibility index (Phi) is 6.55. The average molecular weight is 609 g/mol. The molecule has 0 nitrogen and oxygen atoms in total. The summed E-state index contributed by atoms with van der Waals surface area (Å²) >= 11 is 0. The molecular formula is C48H32. The third-order valence-electron chi connectivity index (χ3n) is 9.94. The van der Waals surface area contributed by atoms with Gasteiger partial charge in [0.25, 0.3) is 0 Å². The van der Waals surface area contributed by atoms with Crippen molar-refractivity contribution in [2.75, 3.05) is 0 Å². The molecule has 48 heavy (non-hydrogen) atoms. The van der Waals surface area contributed by atoms with E-state index in [-0.39, 0.29) is 0 Å². The third-order valence-corrected chi connectivity index (χ3v) is 9.94. The summed E-state index contributed by atoms with van der Waals surface area (Å²) in [6, 6.07) is 55.9. The van der Waals surface area contributed by atoms with Gasteiger partial charge >= 0.3 is 0 Å². The van der Waals surface area contributed by atoms with Crippen LogP contribution in [-0.4, -0.2) is 0 Å². The molecule has 0 radical (unpaired) electrons. The quantitative estimate of drug-likeness (QED) is 0.135. The fourth-order valence-electron chi connectivity index (χ4n) is 7.70. The maximum atomic E-state index is 4.12. The number of hydrogen-bond acceptors (Lipinski definition) is 0. The van der Waals surface area contributed by atoms with Gasteiger partial charge in [0.1, 0.15) is 0 Å². The molecule has 9 aromatic rings. The molecule has 0 aromatic heterocycles. The Morgan fingerprint density at radius 1 is 0.375 bits per heavy atom. The van der Waals surface area contributed by atoms with Gasteiger partial charge in [-0.25, -0.2) is 0 Å². The number of allylic oxidation sites excluding steroid dienone is 4. The zero-order valence-electron chi connectivity index (χ0n) is 26.6. The van der Waals surface area contributed by atoms with Gasteiger partial charge in [-0.05, 0) is 128 Å². The summed E-state index contributed by atoms with van der Waals surface area (Å²) in [4.78, 5) is 0. The van der Waals surface area contributed by atoms with Gasteiger partial charge in [-0.15, -0.1) is 0 Å². The lowest BCUT2D eigenvalue weighted by atomic mass is 9.87. The van der Waals surface area contributed by atoms with Crippen molar-refractivity contribution in [1.29, 1.82) is 0 Å². The standard InChI is InChI=1S/C48H32/c1-3-13-31(4-2)45-29-47-43-21-12-10-19-41(43)46(30-48(47)42-20-11-9-18-40(42)45)36-25-23-32-26-35(24-22-33(32)27-36)44-28-34-14-5-6-15-37(34)38-16-7-8-17-39(38)44/h3-30H,1-2H2/b31-13+. The van der Waals surface area contributed by atoms with Crippen LogP contribution in [0.25, 0.3) is 92.5 Å². The van der Waals surface area contributed by atoms with Gasteiger partial charge in [0.2, 0.25) is 0 Å². The van der Waals surface area contributed by atoms with Crippen LogP contribution in [0.15, 0.2) is 183 Å². The summed E-state index contributed by atoms with van der Waals surface area (Å²) in [6.45, 7) is 8.07. The summed E-state index contributed by atoms with van der Waals surface area (Å²) in [5, 5.41) is 15.0. The van der Waals surface area contributed by atoms with Gasteiger partial charge in [0.05, 0.1) is 0 Å². The van der Waals surface area contributed by atoms with E-state index >= 15 is 0 Å². The minimum absolute atomic E-state index is 1.07. The zero-order chi connectivity index (χ0) is 32.2. The number of fused-ring (bicyclic) bond motifs is 9. The summed E-state index contributed by atoms with van der Waals surface area (Å²) < 4.78 is 0. The highest BCUT2D eigenvalue weighted by Crippen LogP contribution is 2.42. The molecule has 0 aliphatic carbocycles. The molecule has 9 aromatic carbocycles. The van der Waals surface area contributed by atoms with Gasteiger partial charge in [-0.1, -0.05) is 153 Å². The van der Waals surface area contributed by atoms with Gasteiger partial charge in [-0.2, -0.15) is 0 Å². The maximum Gasteiger partial charge on any atom is -0.00923 e. The fraction of sp³-hybridized carbons (Fsp3) is 0. The smallest absolute Gasteiger partial charge is 0.00923 e. The van der Waals surface area contributed by atoms with Crippen molar-refractivity contribution in [3.63, 3.8) is 0 Å². The molecule has 0 fully saturated rings. The molecule has 0 spiro atoms. The Morgan fingerprint density at radius 3 is 1.46 bits per heavy atom. The molecule has 9 rings (SSSR count). The second kappa shape index (κ2) is 11.2. The highest BCUT2D eigenvalue weighted by atomic mass is 14.2. The molecule has 224 valence electrons. The van der Waals surface area contributed by atoms with Crippen LogP contribution in [0.2, 0.25) is 0 Å². The van der Waals surface area contributed by atoms with E-state index in [0.29, 0.717) is 0 Å². The van der Waals surface area contributed by atoms with Crippen molar-refractivity contribution >= 4 is 70.2 Å². The minimum atomic E-state index is 1.07. The first-order chi connectivity index (χ1) is 23.7. The molecule has 0 saturated carbocycles. The van der Waals surface area contributed by atoms with Crippen LogP contribution < -0.4 is 0 Å². The van der Waals surface area contributed by atoms with Gasteiger partial charge in [-0.3, -0.25) is 0 Å². The Morgan fingerprint density at radius 2 is 0.854 bits per heavy atom. The predicted molar refractivity (Wildman–Crippen MR) is 211 cm³/mol. The summed E-state index contributed by atoms with van der Waals surface area (Å²) in [6.07, 6.45) is 5.80. The predicted octanol–water partition coefficient (Wildman–Crippen LogP) is 13.7. The van der Waals surface area contributed by atoms with Crippen molar-refractivity contribution in [3.8, 4) is 22.3 Å². The monoisotopic (exact) mass is 608 g/mol. The Hall–Kier alpha value is -6.24. The summed E-state index contributed by atoms with van der Waals surface area (Å²) in [5.74, 6) is 0. The van der Waals surface area contributed by atoms with Crippen LogP contribution in [0.4, 0.5) is 0 Å². The molecule has 0 N–H and O–H groups in total. The van der Waals surface area contributed by atoms with Crippen LogP contribution in [-0.2, 0) is 0 Å². The minimum Gasteiger partial charge on any atom is -0.0990 e. The number of benzene rings is 9. The molecule has 0 heteroatoms. The lowest BCUT2D eigenvalue weighted by Gasteiger charge is -2.17. The highest BCUT2D eigenvalue weighted by Gasteiger charge is 2.15. The van der Waals surface area contributed by atoms with E-state index in [0.717, 1.165) is 5.57 Å². The number of rotatable bonds is 5. The van der Waals surface area contributed by atoms with E-state index in [4.69, 9.17) is 0 Å². The van der Waals surface area contributed by atoms with Crippen molar-refractivity contribution in [2.45, 2.75) is 0 Å². The van der Waals surface area contributed by atoms with E-state index in [1.807, 2.05) is 18.2 Å². The van der Waals surface area contributed by atoms with Crippen molar-refractivity contribution in [1.82, 2.24) is 0 Å². The first kappa shape index (κ1) is 28.0. The zero-order valence-corrected chi connectivity index (χ0v) is 26.6. The number of hydrogen-bond donors (Lipinski definition) is 0. The fourth-order valence-corrected chi connectivity index (χ4v) is 7.70. The molecular weight excluding hydrogens is 577 g/mol. The molecule has 0 atom stereocenters. The third kappa shape index (κ3) is 4.38. The van der Waals surface area contributed by atoms with Crippen LogP contribution in [0.5, 0.6) is 0 Å². The molecule has 0 heterocycles. The Labute approximate surface area is 280 Å². The van der Waals surface area contributed by atoms with Gasteiger partial charge in [0, 0.05) is 0 Å². The average Bonchev–Trinajstić information content (AvgIpc) is 3.15. The van der Waals surface area contributed by atoms with Crippen LogP contribution >= 0.6 is 0 Å². The van der Waals surface area contributed by atoms with Crippen LogP contribution in [0, 0.1) is 0 Å². The van der Waals surface area contributed by atoms with Crippen LogP contribution in [0.3, 0.4) is 0 Å². The summed E-state index contributed by atoms with van der Waals surface area (Å²) in [7, 11) is 0. The normalized spacial score (nSPS) is 12.0. The molecule has 0 saturated heterocycles. The SMILES string of the molecule is C=C/C=C(\C=C)c1cc2c3ccccc3c(-c3ccc4cc(-c5cc6ccccc6c6ccccc56)ccc4c3)cc2c2ccccc12. The van der Waals surface area contributed by atoms with E-state index in [9.17, 15) is 0 Å². The van der Waals surface area contributed by atoms with Crippen molar-refractivity contribution < 1.29 is 0 Å². The summed E-state index contributed by atoms with van der Waals surface area (Å²) in [5.41, 5.74) is 7.21. The van der Waals surface area contributed by atoms with Gasteiger partial charge < -0.3 is 0 Å². The van der Waals surface area contributed by atoms with E-state index in [2.05, 4.69) is 165 Å². The molecule has 0 aliphatic heterocycles. The largest absolute Gasteiger partial charge is 0.0990 e. The molecule has 0 aliphatic rings. The first-order valence-electron chi connectivity index (χ1n) is 16.5. The lowest BCUT2D eigenvalue weighted by Crippen LogP contribution is -1.90. The van der Waals surface area contributed by atoms with Crippen molar-refractivity contribution in [2.24, 2.45) is 0 Å². The second-order valence-electron chi connectivity index (χ2n) is 12.6. The van der Waals surface area contributed by atoms with E-state index < -0.39 is 0 Å². The molecule has 0 unspecified atom stereocenters. The van der Waals surface area contributed by atoms with Crippen LogP contribution in [0.1, 0.15) is 5.56 Å². The Bertz CT molecular complexity index is 2810. The molecule has 0 bridgehead atoms. The maximum absolute atomic E-state index is 4.12. The Balaban J connectivity index is 1.24.